The molecule has 0 saturated heterocycles. The number of hydrogen-bond donors (Lipinski definition) is 2. The number of ether oxygens (including phenoxy) is 2. The highest BCUT2D eigenvalue weighted by Gasteiger charge is 2.23. The second-order valence-corrected chi connectivity index (χ2v) is 6.38. The van der Waals surface area contributed by atoms with Gasteiger partial charge in [-0.05, 0) is 36.8 Å². The van der Waals surface area contributed by atoms with Crippen molar-refractivity contribution in [1.29, 1.82) is 0 Å². The van der Waals surface area contributed by atoms with Gasteiger partial charge in [-0.25, -0.2) is 4.79 Å². The molecule has 1 heterocycles. The highest BCUT2D eigenvalue weighted by molar-refractivity contribution is 5.98. The Hall–Kier alpha value is -3.32. The van der Waals surface area contributed by atoms with Crippen molar-refractivity contribution in [3.63, 3.8) is 0 Å². The molecule has 0 aliphatic heterocycles. The molecule has 1 amide bonds. The first kappa shape index (κ1) is 19.4. The van der Waals surface area contributed by atoms with Gasteiger partial charge in [-0.1, -0.05) is 29.8 Å². The Morgan fingerprint density at radius 1 is 1.14 bits per heavy atom. The van der Waals surface area contributed by atoms with Crippen molar-refractivity contribution in [1.82, 2.24) is 5.32 Å². The zero-order valence-corrected chi connectivity index (χ0v) is 15.6. The number of furan rings is 1. The van der Waals surface area contributed by atoms with Crippen LogP contribution in [0.25, 0.3) is 11.0 Å². The second-order valence-electron chi connectivity index (χ2n) is 6.38. The van der Waals surface area contributed by atoms with Gasteiger partial charge in [-0.2, -0.15) is 0 Å². The zero-order valence-electron chi connectivity index (χ0n) is 15.6. The summed E-state index contributed by atoms with van der Waals surface area (Å²) < 4.78 is 16.1. The summed E-state index contributed by atoms with van der Waals surface area (Å²) in [7, 11) is 1.54. The third-order valence-electron chi connectivity index (χ3n) is 4.22. The van der Waals surface area contributed by atoms with E-state index in [0.29, 0.717) is 16.7 Å². The molecule has 0 fully saturated rings. The molecule has 0 saturated carbocycles. The SMILES string of the molecule is COc1ccc2oc(C(=O)NC(COCc3ccc(C)cc3)C(=O)O)cc2c1. The van der Waals surface area contributed by atoms with Gasteiger partial charge in [0.05, 0.1) is 20.3 Å². The molecule has 146 valence electrons. The maximum Gasteiger partial charge on any atom is 0.328 e. The Morgan fingerprint density at radius 3 is 2.57 bits per heavy atom. The number of fused-ring (bicyclic) bond motifs is 1. The minimum absolute atomic E-state index is 0.0213. The number of aryl methyl sites for hydroxylation is 1. The number of carboxylic acid groups (broad SMARTS) is 1. The van der Waals surface area contributed by atoms with Gasteiger partial charge in [0.2, 0.25) is 0 Å². The number of nitrogens with one attached hydrogen (secondary N) is 1. The number of rotatable bonds is 8. The Balaban J connectivity index is 1.62. The molecule has 0 aliphatic carbocycles. The predicted octanol–water partition coefficient (Wildman–Crippen LogP) is 3.15. The van der Waals surface area contributed by atoms with Crippen molar-refractivity contribution >= 4 is 22.8 Å². The van der Waals surface area contributed by atoms with Gasteiger partial charge in [0.25, 0.3) is 5.91 Å². The van der Waals surface area contributed by atoms with E-state index in [1.54, 1.807) is 31.4 Å². The summed E-state index contributed by atoms with van der Waals surface area (Å²) in [6, 6.07) is 13.2. The molecule has 1 aromatic heterocycles. The molecule has 3 rings (SSSR count). The fourth-order valence-corrected chi connectivity index (χ4v) is 2.64. The average molecular weight is 383 g/mol. The lowest BCUT2D eigenvalue weighted by Crippen LogP contribution is -2.43. The number of carbonyl (C=O) groups excluding carboxylic acids is 1. The van der Waals surface area contributed by atoms with Crippen LogP contribution in [0.2, 0.25) is 0 Å². The first-order chi connectivity index (χ1) is 13.5. The van der Waals surface area contributed by atoms with E-state index in [1.807, 2.05) is 31.2 Å². The van der Waals surface area contributed by atoms with Crippen LogP contribution in [0.3, 0.4) is 0 Å². The lowest BCUT2D eigenvalue weighted by Gasteiger charge is -2.14. The van der Waals surface area contributed by atoms with Gasteiger partial charge in [0.1, 0.15) is 11.3 Å². The molecule has 3 aromatic rings. The predicted molar refractivity (Wildman–Crippen MR) is 102 cm³/mol. The largest absolute Gasteiger partial charge is 0.497 e. The number of carboxylic acids is 1. The minimum Gasteiger partial charge on any atom is -0.497 e. The van der Waals surface area contributed by atoms with Crippen molar-refractivity contribution in [2.45, 2.75) is 19.6 Å². The Morgan fingerprint density at radius 2 is 1.89 bits per heavy atom. The lowest BCUT2D eigenvalue weighted by atomic mass is 10.2. The zero-order chi connectivity index (χ0) is 20.1. The van der Waals surface area contributed by atoms with E-state index in [4.69, 9.17) is 13.9 Å². The van der Waals surface area contributed by atoms with Crippen LogP contribution in [0.5, 0.6) is 5.75 Å². The highest BCUT2D eigenvalue weighted by atomic mass is 16.5. The standard InChI is InChI=1S/C21H21NO6/c1-13-3-5-14(6-4-13)11-27-12-17(21(24)25)22-20(23)19-10-15-9-16(26-2)7-8-18(15)28-19/h3-10,17H,11-12H2,1-2H3,(H,22,23)(H,24,25). The van der Waals surface area contributed by atoms with Crippen molar-refractivity contribution in [2.24, 2.45) is 0 Å². The molecular weight excluding hydrogens is 362 g/mol. The summed E-state index contributed by atoms with van der Waals surface area (Å²) in [6.07, 6.45) is 0. The molecule has 0 bridgehead atoms. The van der Waals surface area contributed by atoms with E-state index in [1.165, 1.54) is 0 Å². The molecule has 2 N–H and O–H groups in total. The van der Waals surface area contributed by atoms with Crippen molar-refractivity contribution < 1.29 is 28.6 Å². The van der Waals surface area contributed by atoms with Gasteiger partial charge >= 0.3 is 5.97 Å². The number of aliphatic carboxylic acids is 1. The molecule has 0 spiro atoms. The van der Waals surface area contributed by atoms with Gasteiger partial charge in [-0.3, -0.25) is 4.79 Å². The normalized spacial score (nSPS) is 11.9. The molecule has 7 nitrogen and oxygen atoms in total. The molecule has 0 aliphatic rings. The lowest BCUT2D eigenvalue weighted by molar-refractivity contribution is -0.141. The third kappa shape index (κ3) is 4.69. The fraction of sp³-hybridized carbons (Fsp3) is 0.238. The first-order valence-electron chi connectivity index (χ1n) is 8.71. The maximum atomic E-state index is 12.4. The maximum absolute atomic E-state index is 12.4. The van der Waals surface area contributed by atoms with Crippen LogP contribution in [0.4, 0.5) is 0 Å². The Kier molecular flexibility index (Phi) is 5.96. The van der Waals surface area contributed by atoms with E-state index in [-0.39, 0.29) is 19.0 Å². The smallest absolute Gasteiger partial charge is 0.328 e. The molecule has 1 unspecified atom stereocenters. The monoisotopic (exact) mass is 383 g/mol. The van der Waals surface area contributed by atoms with Crippen LogP contribution in [0, 0.1) is 6.92 Å². The quantitative estimate of drug-likeness (QED) is 0.620. The number of carbonyl (C=O) groups is 2. The van der Waals surface area contributed by atoms with Gasteiger partial charge < -0.3 is 24.3 Å². The molecular formula is C21H21NO6. The van der Waals surface area contributed by atoms with Crippen LogP contribution in [-0.4, -0.2) is 36.7 Å². The first-order valence-corrected chi connectivity index (χ1v) is 8.71. The summed E-state index contributed by atoms with van der Waals surface area (Å²) in [5, 5.41) is 12.5. The van der Waals surface area contributed by atoms with E-state index in [2.05, 4.69) is 5.32 Å². The fourth-order valence-electron chi connectivity index (χ4n) is 2.64. The van der Waals surface area contributed by atoms with E-state index >= 15 is 0 Å². The molecule has 1 atom stereocenters. The van der Waals surface area contributed by atoms with Crippen molar-refractivity contribution in [3.05, 3.63) is 65.4 Å². The Labute approximate surface area is 161 Å². The summed E-state index contributed by atoms with van der Waals surface area (Å²) in [5.41, 5.74) is 2.56. The number of hydrogen-bond acceptors (Lipinski definition) is 5. The summed E-state index contributed by atoms with van der Waals surface area (Å²) in [5.74, 6) is -1.15. The third-order valence-corrected chi connectivity index (χ3v) is 4.22. The summed E-state index contributed by atoms with van der Waals surface area (Å²) in [4.78, 5) is 23.9. The summed E-state index contributed by atoms with van der Waals surface area (Å²) >= 11 is 0. The van der Waals surface area contributed by atoms with Gasteiger partial charge in [0, 0.05) is 5.39 Å². The number of benzene rings is 2. The van der Waals surface area contributed by atoms with Crippen LogP contribution in [0.15, 0.2) is 52.9 Å². The van der Waals surface area contributed by atoms with Crippen LogP contribution in [0.1, 0.15) is 21.7 Å². The second kappa shape index (κ2) is 8.58. The van der Waals surface area contributed by atoms with Gasteiger partial charge in [0.15, 0.2) is 11.8 Å². The van der Waals surface area contributed by atoms with Gasteiger partial charge in [-0.15, -0.1) is 0 Å². The van der Waals surface area contributed by atoms with E-state index in [0.717, 1.165) is 11.1 Å². The molecule has 7 heteroatoms. The number of amides is 1. The van der Waals surface area contributed by atoms with Crippen molar-refractivity contribution in [3.8, 4) is 5.75 Å². The molecule has 2 aromatic carbocycles. The van der Waals surface area contributed by atoms with Crippen molar-refractivity contribution in [2.75, 3.05) is 13.7 Å². The van der Waals surface area contributed by atoms with Crippen LogP contribution in [-0.2, 0) is 16.1 Å². The molecule has 0 radical (unpaired) electrons. The summed E-state index contributed by atoms with van der Waals surface area (Å²) in [6.45, 7) is 2.07. The van der Waals surface area contributed by atoms with E-state index in [9.17, 15) is 14.7 Å². The van der Waals surface area contributed by atoms with Crippen LogP contribution >= 0.6 is 0 Å². The minimum atomic E-state index is -1.19. The highest BCUT2D eigenvalue weighted by Crippen LogP contribution is 2.24. The molecule has 28 heavy (non-hydrogen) atoms. The average Bonchev–Trinajstić information content (AvgIpc) is 3.11. The Bertz CT molecular complexity index is 976. The topological polar surface area (TPSA) is 98.0 Å². The number of methoxy groups -OCH3 is 1. The van der Waals surface area contributed by atoms with Crippen LogP contribution < -0.4 is 10.1 Å². The van der Waals surface area contributed by atoms with E-state index < -0.39 is 17.9 Å².